The molecule has 0 saturated carbocycles. The first-order valence-corrected chi connectivity index (χ1v) is 6.64. The number of anilines is 1. The minimum absolute atomic E-state index is 0.450. The first-order valence-electron chi connectivity index (χ1n) is 3.94. The lowest BCUT2D eigenvalue weighted by Gasteiger charge is -1.95. The van der Waals surface area contributed by atoms with Gasteiger partial charge in [-0.1, -0.05) is 13.3 Å². The van der Waals surface area contributed by atoms with Gasteiger partial charge in [-0.3, -0.25) is 4.72 Å². The topological polar surface area (TPSA) is 59.1 Å². The van der Waals surface area contributed by atoms with Crippen LogP contribution in [0.5, 0.6) is 0 Å². The molecule has 0 aliphatic heterocycles. The molecule has 13 heavy (non-hydrogen) atoms. The van der Waals surface area contributed by atoms with E-state index in [1.165, 1.54) is 11.3 Å². The number of thiazole rings is 1. The third-order valence-corrected chi connectivity index (χ3v) is 2.99. The van der Waals surface area contributed by atoms with Gasteiger partial charge in [-0.2, -0.15) is 0 Å². The van der Waals surface area contributed by atoms with E-state index in [1.54, 1.807) is 6.20 Å². The second-order valence-corrected chi connectivity index (χ2v) is 5.62. The van der Waals surface area contributed by atoms with Crippen LogP contribution in [0, 0.1) is 0 Å². The molecule has 0 saturated heterocycles. The Labute approximate surface area is 82.1 Å². The van der Waals surface area contributed by atoms with Crippen LogP contribution in [0.2, 0.25) is 0 Å². The fraction of sp³-hybridized carbons (Fsp3) is 0.571. The van der Waals surface area contributed by atoms with Crippen LogP contribution >= 0.6 is 11.3 Å². The van der Waals surface area contributed by atoms with Gasteiger partial charge >= 0.3 is 0 Å². The molecule has 0 aliphatic rings. The Morgan fingerprint density at radius 1 is 1.62 bits per heavy atom. The van der Waals surface area contributed by atoms with Gasteiger partial charge in [0, 0.05) is 11.1 Å². The standard InChI is InChI=1S/C7H12N2O2S2/c1-3-4-6-5-8-7(12-6)9-13(2,10)11/h5H,3-4H2,1-2H3,(H,8,9). The fourth-order valence-electron chi connectivity index (χ4n) is 0.875. The predicted molar refractivity (Wildman–Crippen MR) is 54.6 cm³/mol. The summed E-state index contributed by atoms with van der Waals surface area (Å²) in [7, 11) is -3.18. The monoisotopic (exact) mass is 220 g/mol. The first kappa shape index (κ1) is 10.5. The lowest BCUT2D eigenvalue weighted by Crippen LogP contribution is -2.08. The molecule has 0 atom stereocenters. The van der Waals surface area contributed by atoms with Crippen molar-refractivity contribution in [1.82, 2.24) is 4.98 Å². The zero-order chi connectivity index (χ0) is 9.90. The maximum absolute atomic E-state index is 10.8. The summed E-state index contributed by atoms with van der Waals surface area (Å²) in [5.41, 5.74) is 0. The SMILES string of the molecule is CCCc1cnc(NS(C)(=O)=O)s1. The molecule has 0 amide bonds. The Balaban J connectivity index is 2.69. The van der Waals surface area contributed by atoms with Gasteiger partial charge in [-0.15, -0.1) is 11.3 Å². The van der Waals surface area contributed by atoms with E-state index >= 15 is 0 Å². The molecule has 0 aromatic carbocycles. The smallest absolute Gasteiger partial charge is 0.231 e. The largest absolute Gasteiger partial charge is 0.259 e. The van der Waals surface area contributed by atoms with Gasteiger partial charge in [0.2, 0.25) is 10.0 Å². The molecule has 74 valence electrons. The summed E-state index contributed by atoms with van der Waals surface area (Å²) < 4.78 is 24.0. The molecule has 6 heteroatoms. The van der Waals surface area contributed by atoms with E-state index < -0.39 is 10.0 Å². The predicted octanol–water partition coefficient (Wildman–Crippen LogP) is 1.47. The number of nitrogens with one attached hydrogen (secondary N) is 1. The number of sulfonamides is 1. The molecule has 0 spiro atoms. The van der Waals surface area contributed by atoms with E-state index in [-0.39, 0.29) is 0 Å². The Kier molecular flexibility index (Phi) is 3.27. The van der Waals surface area contributed by atoms with Crippen LogP contribution in [0.3, 0.4) is 0 Å². The molecule has 1 aromatic rings. The van der Waals surface area contributed by atoms with Crippen LogP contribution in [0.25, 0.3) is 0 Å². The van der Waals surface area contributed by atoms with Crippen LogP contribution in [0.15, 0.2) is 6.20 Å². The summed E-state index contributed by atoms with van der Waals surface area (Å²) in [4.78, 5) is 5.05. The lowest BCUT2D eigenvalue weighted by atomic mass is 10.3. The maximum Gasteiger partial charge on any atom is 0.231 e. The van der Waals surface area contributed by atoms with Crippen molar-refractivity contribution in [2.45, 2.75) is 19.8 Å². The van der Waals surface area contributed by atoms with E-state index in [0.717, 1.165) is 24.0 Å². The molecule has 0 bridgehead atoms. The van der Waals surface area contributed by atoms with Crippen LogP contribution in [0.1, 0.15) is 18.2 Å². The zero-order valence-corrected chi connectivity index (χ0v) is 9.20. The maximum atomic E-state index is 10.8. The van der Waals surface area contributed by atoms with Crippen molar-refractivity contribution in [1.29, 1.82) is 0 Å². The highest BCUT2D eigenvalue weighted by molar-refractivity contribution is 7.92. The summed E-state index contributed by atoms with van der Waals surface area (Å²) >= 11 is 1.38. The minimum atomic E-state index is -3.18. The molecule has 0 radical (unpaired) electrons. The Morgan fingerprint density at radius 2 is 2.31 bits per heavy atom. The average Bonchev–Trinajstić information content (AvgIpc) is 2.33. The highest BCUT2D eigenvalue weighted by atomic mass is 32.2. The number of rotatable bonds is 4. The molecule has 0 aliphatic carbocycles. The Hall–Kier alpha value is -0.620. The van der Waals surface area contributed by atoms with Crippen molar-refractivity contribution in [3.63, 3.8) is 0 Å². The van der Waals surface area contributed by atoms with Gasteiger partial charge < -0.3 is 0 Å². The molecule has 4 nitrogen and oxygen atoms in total. The van der Waals surface area contributed by atoms with Crippen molar-refractivity contribution < 1.29 is 8.42 Å². The average molecular weight is 220 g/mol. The van der Waals surface area contributed by atoms with Crippen LogP contribution in [-0.2, 0) is 16.4 Å². The van der Waals surface area contributed by atoms with Crippen molar-refractivity contribution in [3.05, 3.63) is 11.1 Å². The van der Waals surface area contributed by atoms with Crippen molar-refractivity contribution >= 4 is 26.5 Å². The van der Waals surface area contributed by atoms with Gasteiger partial charge in [0.05, 0.1) is 6.26 Å². The normalized spacial score (nSPS) is 11.5. The van der Waals surface area contributed by atoms with Crippen molar-refractivity contribution in [2.75, 3.05) is 11.0 Å². The molecular weight excluding hydrogens is 208 g/mol. The van der Waals surface area contributed by atoms with Gasteiger partial charge in [-0.25, -0.2) is 13.4 Å². The summed E-state index contributed by atoms with van der Waals surface area (Å²) in [5, 5.41) is 0.450. The van der Waals surface area contributed by atoms with E-state index in [9.17, 15) is 8.42 Å². The molecule has 0 fully saturated rings. The van der Waals surface area contributed by atoms with E-state index in [4.69, 9.17) is 0 Å². The minimum Gasteiger partial charge on any atom is -0.259 e. The molecule has 1 aromatic heterocycles. The summed E-state index contributed by atoms with van der Waals surface area (Å²) in [6.45, 7) is 2.07. The second-order valence-electron chi connectivity index (χ2n) is 2.76. The summed E-state index contributed by atoms with van der Waals surface area (Å²) in [6.07, 6.45) is 4.82. The van der Waals surface area contributed by atoms with Crippen molar-refractivity contribution in [2.24, 2.45) is 0 Å². The molecular formula is C7H12N2O2S2. The number of nitrogens with zero attached hydrogens (tertiary/aromatic N) is 1. The molecule has 0 unspecified atom stereocenters. The number of aromatic nitrogens is 1. The Bertz CT molecular complexity index is 370. The van der Waals surface area contributed by atoms with E-state index in [2.05, 4.69) is 16.6 Å². The number of hydrogen-bond acceptors (Lipinski definition) is 4. The highest BCUT2D eigenvalue weighted by Crippen LogP contribution is 2.19. The summed E-state index contributed by atoms with van der Waals surface area (Å²) in [5.74, 6) is 0. The van der Waals surface area contributed by atoms with Crippen molar-refractivity contribution in [3.8, 4) is 0 Å². The van der Waals surface area contributed by atoms with Gasteiger partial charge in [0.25, 0.3) is 0 Å². The first-order chi connectivity index (χ1) is 6.01. The second kappa shape index (κ2) is 4.06. The third-order valence-electron chi connectivity index (χ3n) is 1.32. The quantitative estimate of drug-likeness (QED) is 0.836. The van der Waals surface area contributed by atoms with Crippen LogP contribution in [-0.4, -0.2) is 19.7 Å². The third kappa shape index (κ3) is 3.73. The zero-order valence-electron chi connectivity index (χ0n) is 7.57. The highest BCUT2D eigenvalue weighted by Gasteiger charge is 2.05. The van der Waals surface area contributed by atoms with Gasteiger partial charge in [0.15, 0.2) is 5.13 Å². The fourth-order valence-corrected chi connectivity index (χ4v) is 2.63. The molecule has 1 N–H and O–H groups in total. The van der Waals surface area contributed by atoms with E-state index in [1.807, 2.05) is 0 Å². The molecule has 1 heterocycles. The molecule has 1 rings (SSSR count). The Morgan fingerprint density at radius 3 is 2.85 bits per heavy atom. The number of hydrogen-bond donors (Lipinski definition) is 1. The van der Waals surface area contributed by atoms with Gasteiger partial charge in [-0.05, 0) is 6.42 Å². The summed E-state index contributed by atoms with van der Waals surface area (Å²) in [6, 6.07) is 0. The lowest BCUT2D eigenvalue weighted by molar-refractivity contribution is 0.607. The number of aryl methyl sites for hydroxylation is 1. The van der Waals surface area contributed by atoms with Crippen LogP contribution in [0.4, 0.5) is 5.13 Å². The van der Waals surface area contributed by atoms with E-state index in [0.29, 0.717) is 5.13 Å². The van der Waals surface area contributed by atoms with Crippen LogP contribution < -0.4 is 4.72 Å². The van der Waals surface area contributed by atoms with Gasteiger partial charge in [0.1, 0.15) is 0 Å².